The predicted octanol–water partition coefficient (Wildman–Crippen LogP) is 4.21. The quantitative estimate of drug-likeness (QED) is 0.714. The Kier molecular flexibility index (Phi) is 5.48. The van der Waals surface area contributed by atoms with Crippen molar-refractivity contribution in [2.24, 2.45) is 0 Å². The number of aromatic nitrogens is 2. The van der Waals surface area contributed by atoms with Gasteiger partial charge in [0.2, 0.25) is 0 Å². The van der Waals surface area contributed by atoms with E-state index in [1.807, 2.05) is 13.0 Å². The Labute approximate surface area is 144 Å². The Hall–Kier alpha value is -2.23. The summed E-state index contributed by atoms with van der Waals surface area (Å²) in [6, 6.07) is 17.2. The van der Waals surface area contributed by atoms with Crippen molar-refractivity contribution >= 4 is 0 Å². The normalized spacial score (nSPS) is 11.6. The van der Waals surface area contributed by atoms with Crippen molar-refractivity contribution in [3.8, 4) is 17.0 Å². The minimum absolute atomic E-state index is 0. The van der Waals surface area contributed by atoms with Gasteiger partial charge in [0.15, 0.2) is 6.17 Å². The van der Waals surface area contributed by atoms with E-state index in [4.69, 9.17) is 0 Å². The fraction of sp³-hybridized carbons (Fsp3) is 0.111. The molecule has 3 nitrogen and oxygen atoms in total. The molecule has 0 saturated carbocycles. The number of hydrogen-bond acceptors (Lipinski definition) is 3. The number of halogens is 1. The van der Waals surface area contributed by atoms with Gasteiger partial charge in [-0.2, -0.15) is 0 Å². The number of aromatic hydroxyl groups is 1. The van der Waals surface area contributed by atoms with Crippen LogP contribution >= 0.6 is 0 Å². The van der Waals surface area contributed by atoms with Gasteiger partial charge in [-0.15, -0.1) is 0 Å². The average molecular weight is 358 g/mol. The number of benzene rings is 1. The number of pyridine rings is 2. The summed E-state index contributed by atoms with van der Waals surface area (Å²) in [5, 5.41) is 9.90. The summed E-state index contributed by atoms with van der Waals surface area (Å²) >= 11 is 0. The van der Waals surface area contributed by atoms with E-state index in [2.05, 4.69) is 9.97 Å². The number of phenols is 1. The number of hydrogen-bond donors (Lipinski definition) is 1. The van der Waals surface area contributed by atoms with Crippen molar-refractivity contribution in [2.45, 2.75) is 13.1 Å². The van der Waals surface area contributed by atoms with E-state index < -0.39 is 6.17 Å². The summed E-state index contributed by atoms with van der Waals surface area (Å²) in [6.45, 7) is 1.82. The first kappa shape index (κ1) is 17.1. The molecule has 1 unspecified atom stereocenters. The molecule has 3 rings (SSSR count). The minimum atomic E-state index is -1.40. The zero-order chi connectivity index (χ0) is 15.5. The minimum Gasteiger partial charge on any atom is -0.507 e. The van der Waals surface area contributed by atoms with Gasteiger partial charge >= 0.3 is 0 Å². The number of alkyl halides is 1. The molecular weight excluding hydrogens is 343 g/mol. The fourth-order valence-corrected chi connectivity index (χ4v) is 2.29. The van der Waals surface area contributed by atoms with Crippen LogP contribution in [0.1, 0.15) is 23.3 Å². The molecule has 1 radical (unpaired) electrons. The van der Waals surface area contributed by atoms with Crippen LogP contribution in [0, 0.1) is 6.92 Å². The second-order valence-electron chi connectivity index (χ2n) is 5.03. The van der Waals surface area contributed by atoms with Gasteiger partial charge in [0.05, 0.1) is 17.1 Å². The maximum Gasteiger partial charge on any atom is 0.184 e. The standard InChI is InChI=1S/C18H15FN2O.Cu/c1-12-6-4-9-15(20-12)18(19)16-10-5-8-14(21-16)13-7-2-3-11-17(13)22;/h2-11,18,22H,1H3;. The first-order valence-corrected chi connectivity index (χ1v) is 6.98. The smallest absolute Gasteiger partial charge is 0.184 e. The van der Waals surface area contributed by atoms with Gasteiger partial charge < -0.3 is 5.11 Å². The molecule has 121 valence electrons. The van der Waals surface area contributed by atoms with Gasteiger partial charge in [-0.3, -0.25) is 4.98 Å². The summed E-state index contributed by atoms with van der Waals surface area (Å²) in [5.41, 5.74) is 2.48. The van der Waals surface area contributed by atoms with Crippen LogP contribution in [0.5, 0.6) is 5.75 Å². The molecule has 0 spiro atoms. The largest absolute Gasteiger partial charge is 0.507 e. The number of rotatable bonds is 3. The zero-order valence-electron chi connectivity index (χ0n) is 12.4. The van der Waals surface area contributed by atoms with Crippen molar-refractivity contribution in [3.63, 3.8) is 0 Å². The molecule has 0 saturated heterocycles. The van der Waals surface area contributed by atoms with Crippen LogP contribution in [0.15, 0.2) is 60.7 Å². The molecule has 23 heavy (non-hydrogen) atoms. The van der Waals surface area contributed by atoms with E-state index in [9.17, 15) is 9.50 Å². The van der Waals surface area contributed by atoms with Crippen LogP contribution in [0.4, 0.5) is 4.39 Å². The molecule has 0 aliphatic heterocycles. The molecule has 2 heterocycles. The Morgan fingerprint density at radius 1 is 0.870 bits per heavy atom. The fourth-order valence-electron chi connectivity index (χ4n) is 2.29. The summed E-state index contributed by atoms with van der Waals surface area (Å²) in [7, 11) is 0. The van der Waals surface area contributed by atoms with Crippen LogP contribution in [-0.4, -0.2) is 15.1 Å². The number of aryl methyl sites for hydroxylation is 1. The molecule has 0 aliphatic carbocycles. The van der Waals surface area contributed by atoms with Gasteiger partial charge in [-0.1, -0.05) is 24.3 Å². The maximum absolute atomic E-state index is 14.7. The Balaban J connectivity index is 0.00000192. The van der Waals surface area contributed by atoms with E-state index in [1.165, 1.54) is 0 Å². The number of phenolic OH excluding ortho intramolecular Hbond substituents is 1. The van der Waals surface area contributed by atoms with Crippen molar-refractivity contribution < 1.29 is 26.6 Å². The van der Waals surface area contributed by atoms with Gasteiger partial charge in [-0.05, 0) is 43.3 Å². The first-order valence-electron chi connectivity index (χ1n) is 6.98. The van der Waals surface area contributed by atoms with Crippen LogP contribution in [0.3, 0.4) is 0 Å². The maximum atomic E-state index is 14.7. The van der Waals surface area contributed by atoms with Crippen LogP contribution in [0.25, 0.3) is 11.3 Å². The van der Waals surface area contributed by atoms with E-state index in [0.717, 1.165) is 5.69 Å². The Morgan fingerprint density at radius 2 is 1.52 bits per heavy atom. The van der Waals surface area contributed by atoms with Gasteiger partial charge in [0.25, 0.3) is 0 Å². The summed E-state index contributed by atoms with van der Waals surface area (Å²) in [5.74, 6) is 0.122. The molecule has 0 aliphatic rings. The third-order valence-corrected chi connectivity index (χ3v) is 3.38. The molecular formula is C18H15CuFN2O. The summed E-state index contributed by atoms with van der Waals surface area (Å²) in [4.78, 5) is 8.54. The van der Waals surface area contributed by atoms with Gasteiger partial charge in [-0.25, -0.2) is 9.37 Å². The van der Waals surface area contributed by atoms with Crippen LogP contribution in [0.2, 0.25) is 0 Å². The molecule has 1 aromatic carbocycles. The summed E-state index contributed by atoms with van der Waals surface area (Å²) in [6.07, 6.45) is -1.40. The van der Waals surface area contributed by atoms with Crippen molar-refractivity contribution in [3.05, 3.63) is 77.7 Å². The molecule has 2 aromatic heterocycles. The predicted molar refractivity (Wildman–Crippen MR) is 83.3 cm³/mol. The topological polar surface area (TPSA) is 46.0 Å². The molecule has 1 atom stereocenters. The molecule has 3 aromatic rings. The van der Waals surface area contributed by atoms with E-state index >= 15 is 0 Å². The van der Waals surface area contributed by atoms with Crippen LogP contribution < -0.4 is 0 Å². The van der Waals surface area contributed by atoms with E-state index in [0.29, 0.717) is 17.0 Å². The SMILES string of the molecule is Cc1cccc(C(F)c2cccc(-c3ccccc3O)n2)n1.[Cu]. The van der Waals surface area contributed by atoms with Gasteiger partial charge in [0, 0.05) is 28.3 Å². The van der Waals surface area contributed by atoms with E-state index in [1.54, 1.807) is 54.6 Å². The van der Waals surface area contributed by atoms with Crippen molar-refractivity contribution in [2.75, 3.05) is 0 Å². The average Bonchev–Trinajstić information content (AvgIpc) is 2.55. The first-order chi connectivity index (χ1) is 10.6. The number of nitrogens with zero attached hydrogens (tertiary/aromatic N) is 2. The van der Waals surface area contributed by atoms with Crippen LogP contribution in [-0.2, 0) is 17.1 Å². The van der Waals surface area contributed by atoms with E-state index in [-0.39, 0.29) is 28.5 Å². The van der Waals surface area contributed by atoms with Crippen molar-refractivity contribution in [1.29, 1.82) is 0 Å². The Morgan fingerprint density at radius 3 is 2.22 bits per heavy atom. The molecule has 0 fully saturated rings. The second kappa shape index (κ2) is 7.36. The second-order valence-corrected chi connectivity index (χ2v) is 5.03. The molecule has 0 bridgehead atoms. The zero-order valence-corrected chi connectivity index (χ0v) is 13.3. The molecule has 0 amide bonds. The van der Waals surface area contributed by atoms with Crippen molar-refractivity contribution in [1.82, 2.24) is 9.97 Å². The number of para-hydroxylation sites is 1. The third kappa shape index (κ3) is 3.76. The summed E-state index contributed by atoms with van der Waals surface area (Å²) < 4.78 is 14.7. The monoisotopic (exact) mass is 357 g/mol. The third-order valence-electron chi connectivity index (χ3n) is 3.38. The molecule has 5 heteroatoms. The molecule has 1 N–H and O–H groups in total. The van der Waals surface area contributed by atoms with Gasteiger partial charge in [0.1, 0.15) is 5.75 Å². The Bertz CT molecular complexity index is 810.